The van der Waals surface area contributed by atoms with Crippen LogP contribution in [0, 0.1) is 31.6 Å². The number of likely N-dealkylation sites (tertiary alicyclic amines) is 1. The van der Waals surface area contributed by atoms with Crippen LogP contribution < -0.4 is 4.90 Å². The molecule has 3 fully saturated rings. The van der Waals surface area contributed by atoms with Gasteiger partial charge in [0.1, 0.15) is 6.04 Å². The van der Waals surface area contributed by atoms with Crippen molar-refractivity contribution in [2.75, 3.05) is 31.6 Å². The number of anilines is 1. The lowest BCUT2D eigenvalue weighted by atomic mass is 9.70. The van der Waals surface area contributed by atoms with Gasteiger partial charge in [0.25, 0.3) is 5.91 Å². The lowest BCUT2D eigenvalue weighted by Gasteiger charge is -2.41. The normalized spacial score (nSPS) is 29.9. The van der Waals surface area contributed by atoms with Crippen molar-refractivity contribution in [3.8, 4) is 0 Å². The van der Waals surface area contributed by atoms with E-state index in [1.165, 1.54) is 0 Å². The van der Waals surface area contributed by atoms with Crippen LogP contribution >= 0.6 is 27.7 Å². The van der Waals surface area contributed by atoms with E-state index in [9.17, 15) is 19.5 Å². The molecule has 1 N–H and O–H groups in total. The number of rotatable bonds is 10. The molecule has 2 bridgehead atoms. The van der Waals surface area contributed by atoms with E-state index in [0.29, 0.717) is 13.0 Å². The number of halogens is 1. The van der Waals surface area contributed by atoms with Crippen LogP contribution in [-0.2, 0) is 14.4 Å². The molecule has 0 saturated carbocycles. The summed E-state index contributed by atoms with van der Waals surface area (Å²) in [5, 5.41) is 10.4. The predicted molar refractivity (Wildman–Crippen MR) is 161 cm³/mol. The molecule has 39 heavy (non-hydrogen) atoms. The van der Waals surface area contributed by atoms with Gasteiger partial charge in [0.05, 0.1) is 29.2 Å². The molecule has 3 amide bonds. The van der Waals surface area contributed by atoms with Gasteiger partial charge in [-0.1, -0.05) is 60.1 Å². The third-order valence-electron chi connectivity index (χ3n) is 8.63. The summed E-state index contributed by atoms with van der Waals surface area (Å²) in [6.45, 7) is 15.9. The van der Waals surface area contributed by atoms with Crippen LogP contribution in [0.25, 0.3) is 0 Å². The van der Waals surface area contributed by atoms with Gasteiger partial charge in [-0.25, -0.2) is 0 Å². The zero-order valence-electron chi connectivity index (χ0n) is 23.5. The molecule has 3 unspecified atom stereocenters. The molecule has 0 radical (unpaired) electrons. The summed E-state index contributed by atoms with van der Waals surface area (Å²) in [5.41, 5.74) is 2.73. The minimum Gasteiger partial charge on any atom is -0.394 e. The van der Waals surface area contributed by atoms with Crippen LogP contribution in [0.5, 0.6) is 0 Å². The highest BCUT2D eigenvalue weighted by atomic mass is 79.9. The lowest BCUT2D eigenvalue weighted by molar-refractivity contribution is -0.145. The maximum atomic E-state index is 14.8. The van der Waals surface area contributed by atoms with Gasteiger partial charge in [-0.3, -0.25) is 14.4 Å². The number of aryl methyl sites for hydroxylation is 2. The average molecular weight is 619 g/mol. The molecule has 0 aliphatic carbocycles. The fourth-order valence-corrected chi connectivity index (χ4v) is 10.5. The van der Waals surface area contributed by atoms with Gasteiger partial charge in [0.2, 0.25) is 11.8 Å². The lowest BCUT2D eigenvalue weighted by Crippen LogP contribution is -2.59. The highest BCUT2D eigenvalue weighted by Gasteiger charge is 2.76. The molecule has 9 heteroatoms. The number of benzene rings is 1. The van der Waals surface area contributed by atoms with Crippen LogP contribution in [0.4, 0.5) is 5.69 Å². The average Bonchev–Trinajstić information content (AvgIpc) is 3.46. The second-order valence-electron chi connectivity index (χ2n) is 11.4. The number of fused-ring (bicyclic) bond motifs is 1. The van der Waals surface area contributed by atoms with Crippen molar-refractivity contribution in [2.24, 2.45) is 17.8 Å². The van der Waals surface area contributed by atoms with Crippen LogP contribution in [0.15, 0.2) is 43.5 Å². The Hall–Kier alpha value is -2.10. The van der Waals surface area contributed by atoms with E-state index in [1.54, 1.807) is 45.7 Å². The van der Waals surface area contributed by atoms with Gasteiger partial charge in [0.15, 0.2) is 0 Å². The standard InChI is InChI=1S/C30H40BrN3O4S/c1-8-13-32(7)27(36)22-23-28(37)34(21(16-35)17(3)4)26(30(23)15-20(31)25(22)39-30)29(38)33(14-9-2)24-18(5)11-10-12-19(24)6/h8-12,17,20-23,25-26,35H,1-2,13-16H2,3-7H3/t20?,21-,22+,23-,25+,26?,30?/m0/s1. The third kappa shape index (κ3) is 4.68. The molecule has 7 atom stereocenters. The van der Waals surface area contributed by atoms with E-state index in [0.717, 1.165) is 16.8 Å². The zero-order chi connectivity index (χ0) is 28.8. The summed E-state index contributed by atoms with van der Waals surface area (Å²) in [6.07, 6.45) is 3.97. The first kappa shape index (κ1) is 29.9. The first-order chi connectivity index (χ1) is 18.5. The Kier molecular flexibility index (Phi) is 8.74. The summed E-state index contributed by atoms with van der Waals surface area (Å²) in [4.78, 5) is 48.1. The van der Waals surface area contributed by atoms with E-state index < -0.39 is 28.7 Å². The first-order valence-electron chi connectivity index (χ1n) is 13.6. The first-order valence-corrected chi connectivity index (χ1v) is 15.4. The Morgan fingerprint density at radius 2 is 1.82 bits per heavy atom. The van der Waals surface area contributed by atoms with Gasteiger partial charge in [-0.05, 0) is 37.3 Å². The summed E-state index contributed by atoms with van der Waals surface area (Å²) in [6, 6.07) is 4.54. The maximum Gasteiger partial charge on any atom is 0.251 e. The monoisotopic (exact) mass is 617 g/mol. The topological polar surface area (TPSA) is 81.2 Å². The van der Waals surface area contributed by atoms with Crippen LogP contribution in [0.3, 0.4) is 0 Å². The zero-order valence-corrected chi connectivity index (χ0v) is 25.9. The van der Waals surface area contributed by atoms with Crippen molar-refractivity contribution in [3.05, 3.63) is 54.6 Å². The van der Waals surface area contributed by atoms with E-state index in [4.69, 9.17) is 0 Å². The number of carbonyl (C=O) groups excluding carboxylic acids is 3. The molecular weight excluding hydrogens is 578 g/mol. The number of alkyl halides is 1. The number of aliphatic hydroxyl groups is 1. The minimum atomic E-state index is -0.828. The van der Waals surface area contributed by atoms with Crippen molar-refractivity contribution in [3.63, 3.8) is 0 Å². The molecule has 3 heterocycles. The molecule has 1 spiro atoms. The Bertz CT molecular complexity index is 1150. The number of hydrogen-bond donors (Lipinski definition) is 1. The maximum absolute atomic E-state index is 14.8. The molecule has 7 nitrogen and oxygen atoms in total. The van der Waals surface area contributed by atoms with Gasteiger partial charge >= 0.3 is 0 Å². The van der Waals surface area contributed by atoms with Gasteiger partial charge in [0, 0.05) is 35.9 Å². The van der Waals surface area contributed by atoms with Crippen LogP contribution in [0.2, 0.25) is 0 Å². The van der Waals surface area contributed by atoms with Crippen LogP contribution in [-0.4, -0.2) is 86.3 Å². The summed E-state index contributed by atoms with van der Waals surface area (Å²) >= 11 is 5.44. The molecule has 1 aromatic rings. The second kappa shape index (κ2) is 11.4. The molecule has 4 rings (SSSR count). The molecule has 212 valence electrons. The van der Waals surface area contributed by atoms with Crippen molar-refractivity contribution in [1.82, 2.24) is 9.80 Å². The molecule has 3 aliphatic rings. The number of carbonyl (C=O) groups is 3. The van der Waals surface area contributed by atoms with Crippen molar-refractivity contribution in [1.29, 1.82) is 0 Å². The highest BCUT2D eigenvalue weighted by Crippen LogP contribution is 2.68. The van der Waals surface area contributed by atoms with E-state index >= 15 is 0 Å². The van der Waals surface area contributed by atoms with Crippen molar-refractivity contribution < 1.29 is 19.5 Å². The van der Waals surface area contributed by atoms with Crippen molar-refractivity contribution >= 4 is 51.1 Å². The molecule has 3 aliphatic heterocycles. The molecule has 1 aromatic carbocycles. The van der Waals surface area contributed by atoms with Gasteiger partial charge in [-0.15, -0.1) is 24.9 Å². The number of para-hydroxylation sites is 1. The van der Waals surface area contributed by atoms with E-state index in [-0.39, 0.29) is 46.9 Å². The summed E-state index contributed by atoms with van der Waals surface area (Å²) < 4.78 is -0.791. The number of aliphatic hydroxyl groups excluding tert-OH is 1. The van der Waals surface area contributed by atoms with E-state index in [1.807, 2.05) is 45.9 Å². The molecule has 3 saturated heterocycles. The largest absolute Gasteiger partial charge is 0.394 e. The third-order valence-corrected chi connectivity index (χ3v) is 11.8. The quantitative estimate of drug-likeness (QED) is 0.318. The second-order valence-corrected chi connectivity index (χ2v) is 14.1. The SMILES string of the molecule is C=CCN(C)C(=O)[C@H]1[C@@H]2SC3(CC2Br)C(C(=O)N(CC=C)c2c(C)cccc2C)N([C@@H](CO)C(C)C)C(=O)[C@H]13. The Morgan fingerprint density at radius 3 is 2.36 bits per heavy atom. The summed E-state index contributed by atoms with van der Waals surface area (Å²) in [7, 11) is 1.73. The smallest absolute Gasteiger partial charge is 0.251 e. The number of thioether (sulfide) groups is 1. The Labute approximate surface area is 244 Å². The fraction of sp³-hybridized carbons (Fsp3) is 0.567. The number of amides is 3. The predicted octanol–water partition coefficient (Wildman–Crippen LogP) is 3.95. The molecule has 0 aromatic heterocycles. The van der Waals surface area contributed by atoms with Gasteiger partial charge in [-0.2, -0.15) is 0 Å². The Balaban J connectivity index is 1.89. The van der Waals surface area contributed by atoms with Crippen molar-refractivity contribution in [2.45, 2.75) is 61.0 Å². The number of likely N-dealkylation sites (N-methyl/N-ethyl adjacent to an activating group) is 1. The molecular formula is C30H40BrN3O4S. The summed E-state index contributed by atoms with van der Waals surface area (Å²) in [5.74, 6) is -1.80. The fourth-order valence-electron chi connectivity index (χ4n) is 6.94. The highest BCUT2D eigenvalue weighted by molar-refractivity contribution is 9.09. The Morgan fingerprint density at radius 1 is 1.21 bits per heavy atom. The van der Waals surface area contributed by atoms with E-state index in [2.05, 4.69) is 29.1 Å². The minimum absolute atomic E-state index is 0.0208. The van der Waals surface area contributed by atoms with Gasteiger partial charge < -0.3 is 19.8 Å². The number of hydrogen-bond acceptors (Lipinski definition) is 5. The van der Waals surface area contributed by atoms with Crippen LogP contribution in [0.1, 0.15) is 31.4 Å². The number of nitrogens with zero attached hydrogens (tertiary/aromatic N) is 3.